The van der Waals surface area contributed by atoms with Crippen LogP contribution in [-0.4, -0.2) is 46.9 Å². The van der Waals surface area contributed by atoms with Crippen LogP contribution in [0.4, 0.5) is 0 Å². The van der Waals surface area contributed by atoms with E-state index in [-0.39, 0.29) is 11.4 Å². The first kappa shape index (κ1) is 19.3. The molecule has 1 aliphatic heterocycles. The molecule has 7 heteroatoms. The number of thioether (sulfide) groups is 1. The molecule has 1 heterocycles. The zero-order chi connectivity index (χ0) is 18.0. The maximum absolute atomic E-state index is 13.1. The standard InChI is InChI=1S/C17H25NO4S2/c1-13-7-9-14(10-8-13)24(21,22)18-11-5-4-6-12-23-17(2,3)15(18)16(19)20/h7-10,15H,4-6,11-12H2,1-3H3,(H,19,20). The second kappa shape index (κ2) is 7.45. The Labute approximate surface area is 148 Å². The summed E-state index contributed by atoms with van der Waals surface area (Å²) in [5.74, 6) is -0.250. The van der Waals surface area contributed by atoms with Gasteiger partial charge in [-0.25, -0.2) is 8.42 Å². The molecule has 1 aromatic carbocycles. The molecule has 1 saturated heterocycles. The monoisotopic (exact) mass is 371 g/mol. The SMILES string of the molecule is Cc1ccc(S(=O)(=O)N2CCCCCSC(C)(C)C2C(=O)O)cc1. The van der Waals surface area contributed by atoms with Crippen molar-refractivity contribution in [2.45, 2.75) is 55.7 Å². The minimum absolute atomic E-state index is 0.152. The van der Waals surface area contributed by atoms with Gasteiger partial charge >= 0.3 is 5.97 Å². The Morgan fingerprint density at radius 3 is 2.42 bits per heavy atom. The number of benzene rings is 1. The first-order chi connectivity index (χ1) is 11.2. The third-order valence-electron chi connectivity index (χ3n) is 4.30. The molecule has 1 aliphatic rings. The molecule has 0 aromatic heterocycles. The van der Waals surface area contributed by atoms with Crippen molar-refractivity contribution in [3.05, 3.63) is 29.8 Å². The Balaban J connectivity index is 2.51. The summed E-state index contributed by atoms with van der Waals surface area (Å²) in [5.41, 5.74) is 0.962. The van der Waals surface area contributed by atoms with Crippen molar-refractivity contribution in [3.63, 3.8) is 0 Å². The number of carbonyl (C=O) groups is 1. The number of sulfonamides is 1. The molecule has 1 fully saturated rings. The van der Waals surface area contributed by atoms with E-state index >= 15 is 0 Å². The van der Waals surface area contributed by atoms with Crippen LogP contribution in [0.15, 0.2) is 29.2 Å². The number of hydrogen-bond acceptors (Lipinski definition) is 4. The van der Waals surface area contributed by atoms with Gasteiger partial charge in [0.1, 0.15) is 6.04 Å². The van der Waals surface area contributed by atoms with E-state index in [0.717, 1.165) is 24.2 Å². The van der Waals surface area contributed by atoms with Gasteiger partial charge in [-0.1, -0.05) is 24.1 Å². The molecule has 24 heavy (non-hydrogen) atoms. The summed E-state index contributed by atoms with van der Waals surface area (Å²) in [4.78, 5) is 12.1. The molecule has 0 aliphatic carbocycles. The Bertz CT molecular complexity index is 683. The molecular weight excluding hydrogens is 346 g/mol. The number of carboxylic acid groups (broad SMARTS) is 1. The van der Waals surface area contributed by atoms with E-state index in [1.54, 1.807) is 24.3 Å². The Hall–Kier alpha value is -1.05. The Morgan fingerprint density at radius 2 is 1.83 bits per heavy atom. The molecule has 1 N–H and O–H groups in total. The third-order valence-corrected chi connectivity index (χ3v) is 7.64. The summed E-state index contributed by atoms with van der Waals surface area (Å²) in [6.45, 7) is 5.76. The number of aliphatic carboxylic acids is 1. The van der Waals surface area contributed by atoms with Crippen molar-refractivity contribution in [3.8, 4) is 0 Å². The van der Waals surface area contributed by atoms with Crippen LogP contribution in [0.25, 0.3) is 0 Å². The topological polar surface area (TPSA) is 74.7 Å². The van der Waals surface area contributed by atoms with E-state index in [4.69, 9.17) is 0 Å². The van der Waals surface area contributed by atoms with Gasteiger partial charge in [0.15, 0.2) is 0 Å². The molecule has 1 atom stereocenters. The van der Waals surface area contributed by atoms with Gasteiger partial charge in [0.2, 0.25) is 10.0 Å². The fourth-order valence-electron chi connectivity index (χ4n) is 2.96. The van der Waals surface area contributed by atoms with E-state index in [1.165, 1.54) is 16.1 Å². The molecule has 1 unspecified atom stereocenters. The second-order valence-corrected chi connectivity index (χ2v) is 10.3. The number of carboxylic acids is 1. The summed E-state index contributed by atoms with van der Waals surface area (Å²) in [6.07, 6.45) is 2.54. The summed E-state index contributed by atoms with van der Waals surface area (Å²) in [7, 11) is -3.86. The van der Waals surface area contributed by atoms with Crippen LogP contribution in [0.5, 0.6) is 0 Å². The van der Waals surface area contributed by atoms with Crippen LogP contribution < -0.4 is 0 Å². The highest BCUT2D eigenvalue weighted by Gasteiger charge is 2.45. The lowest BCUT2D eigenvalue weighted by Crippen LogP contribution is -2.55. The highest BCUT2D eigenvalue weighted by atomic mass is 32.2. The molecule has 134 valence electrons. The first-order valence-electron chi connectivity index (χ1n) is 8.11. The molecule has 0 radical (unpaired) electrons. The van der Waals surface area contributed by atoms with Gasteiger partial charge in [-0.2, -0.15) is 16.1 Å². The molecule has 5 nitrogen and oxygen atoms in total. The normalized spacial score (nSPS) is 23.0. The highest BCUT2D eigenvalue weighted by molar-refractivity contribution is 8.00. The van der Waals surface area contributed by atoms with Crippen LogP contribution >= 0.6 is 11.8 Å². The summed E-state index contributed by atoms with van der Waals surface area (Å²) in [6, 6.07) is 5.48. The van der Waals surface area contributed by atoms with Crippen molar-refractivity contribution < 1.29 is 18.3 Å². The smallest absolute Gasteiger partial charge is 0.323 e. The van der Waals surface area contributed by atoms with Crippen molar-refractivity contribution in [2.24, 2.45) is 0 Å². The largest absolute Gasteiger partial charge is 0.480 e. The average Bonchev–Trinajstić information content (AvgIpc) is 2.56. The molecular formula is C17H25NO4S2. The van der Waals surface area contributed by atoms with Crippen LogP contribution in [0, 0.1) is 6.92 Å². The maximum atomic E-state index is 13.1. The summed E-state index contributed by atoms with van der Waals surface area (Å²) in [5, 5.41) is 9.79. The Morgan fingerprint density at radius 1 is 1.21 bits per heavy atom. The first-order valence-corrected chi connectivity index (χ1v) is 10.5. The molecule has 2 rings (SSSR count). The number of rotatable bonds is 3. The molecule has 1 aromatic rings. The van der Waals surface area contributed by atoms with E-state index in [9.17, 15) is 18.3 Å². The minimum atomic E-state index is -3.86. The minimum Gasteiger partial charge on any atom is -0.480 e. The Kier molecular flexibility index (Phi) is 5.99. The molecule has 0 amide bonds. The van der Waals surface area contributed by atoms with Gasteiger partial charge in [-0.15, -0.1) is 0 Å². The predicted octanol–water partition coefficient (Wildman–Crippen LogP) is 3.13. The summed E-state index contributed by atoms with van der Waals surface area (Å²) < 4.78 is 26.8. The van der Waals surface area contributed by atoms with Crippen LogP contribution in [0.1, 0.15) is 38.7 Å². The van der Waals surface area contributed by atoms with E-state index < -0.39 is 26.8 Å². The fourth-order valence-corrected chi connectivity index (χ4v) is 6.04. The highest BCUT2D eigenvalue weighted by Crippen LogP contribution is 2.36. The van der Waals surface area contributed by atoms with Gasteiger partial charge in [0.05, 0.1) is 4.90 Å². The van der Waals surface area contributed by atoms with E-state index in [2.05, 4.69) is 0 Å². The predicted molar refractivity (Wildman–Crippen MR) is 96.9 cm³/mol. The van der Waals surface area contributed by atoms with Crippen molar-refractivity contribution in [1.82, 2.24) is 4.31 Å². The van der Waals surface area contributed by atoms with Gasteiger partial charge < -0.3 is 5.11 Å². The van der Waals surface area contributed by atoms with E-state index in [1.807, 2.05) is 20.8 Å². The molecule has 0 saturated carbocycles. The average molecular weight is 372 g/mol. The zero-order valence-corrected chi connectivity index (χ0v) is 16.0. The van der Waals surface area contributed by atoms with Gasteiger partial charge in [0, 0.05) is 11.3 Å². The zero-order valence-electron chi connectivity index (χ0n) is 14.4. The van der Waals surface area contributed by atoms with Crippen molar-refractivity contribution in [1.29, 1.82) is 0 Å². The summed E-state index contributed by atoms with van der Waals surface area (Å²) >= 11 is 1.53. The lowest BCUT2D eigenvalue weighted by atomic mass is 10.0. The molecule has 0 bridgehead atoms. The lowest BCUT2D eigenvalue weighted by Gasteiger charge is -2.37. The van der Waals surface area contributed by atoms with Crippen LogP contribution in [-0.2, 0) is 14.8 Å². The number of aryl methyl sites for hydroxylation is 1. The van der Waals surface area contributed by atoms with Crippen molar-refractivity contribution in [2.75, 3.05) is 12.3 Å². The van der Waals surface area contributed by atoms with Gasteiger partial charge in [0.25, 0.3) is 0 Å². The van der Waals surface area contributed by atoms with Gasteiger partial charge in [-0.05, 0) is 51.5 Å². The maximum Gasteiger partial charge on any atom is 0.323 e. The van der Waals surface area contributed by atoms with E-state index in [0.29, 0.717) is 6.42 Å². The van der Waals surface area contributed by atoms with Gasteiger partial charge in [-0.3, -0.25) is 4.79 Å². The number of nitrogens with zero attached hydrogens (tertiary/aromatic N) is 1. The quantitative estimate of drug-likeness (QED) is 0.883. The second-order valence-electron chi connectivity index (χ2n) is 6.68. The lowest BCUT2D eigenvalue weighted by molar-refractivity contribution is -0.142. The van der Waals surface area contributed by atoms with Crippen molar-refractivity contribution >= 4 is 27.8 Å². The van der Waals surface area contributed by atoms with Crippen LogP contribution in [0.3, 0.4) is 0 Å². The molecule has 0 spiro atoms. The fraction of sp³-hybridized carbons (Fsp3) is 0.588. The van der Waals surface area contributed by atoms with Crippen LogP contribution in [0.2, 0.25) is 0 Å². The number of hydrogen-bond donors (Lipinski definition) is 1. The third kappa shape index (κ3) is 4.13.